The van der Waals surface area contributed by atoms with Gasteiger partial charge in [0.1, 0.15) is 0 Å². The van der Waals surface area contributed by atoms with Crippen LogP contribution in [0.5, 0.6) is 0 Å². The number of thioether (sulfide) groups is 1. The molecule has 0 aliphatic heterocycles. The summed E-state index contributed by atoms with van der Waals surface area (Å²) in [4.78, 5) is 42.4. The number of rotatable bonds is 8. The van der Waals surface area contributed by atoms with E-state index in [0.717, 1.165) is 23.7 Å². The number of fused-ring (bicyclic) bond motifs is 1. The molecule has 1 aromatic heterocycles. The fourth-order valence-electron chi connectivity index (χ4n) is 3.61. The molecule has 4 rings (SSSR count). The standard InChI is InChI=1S/C27H25N3O4S/c1-3-18-9-12-21(13-10-18)28-24(31)17(2)35-27-29-23-15-20(26(33)34)11-14-22(23)25(32)30(27)16-19-7-5-4-6-8-19/h4-15,17H,3,16H2,1-2H3,(H,28,31)(H,33,34)/t17-/m0/s1. The van der Waals surface area contributed by atoms with E-state index in [1.165, 1.54) is 28.3 Å². The second kappa shape index (κ2) is 10.6. The van der Waals surface area contributed by atoms with Gasteiger partial charge in [-0.2, -0.15) is 0 Å². The highest BCUT2D eigenvalue weighted by Crippen LogP contribution is 2.25. The van der Waals surface area contributed by atoms with E-state index in [4.69, 9.17) is 0 Å². The molecule has 178 valence electrons. The summed E-state index contributed by atoms with van der Waals surface area (Å²) in [6.07, 6.45) is 0.913. The van der Waals surface area contributed by atoms with Crippen molar-refractivity contribution in [2.45, 2.75) is 37.2 Å². The number of hydrogen-bond donors (Lipinski definition) is 2. The van der Waals surface area contributed by atoms with Gasteiger partial charge in [-0.05, 0) is 54.8 Å². The zero-order chi connectivity index (χ0) is 24.9. The molecule has 0 spiro atoms. The van der Waals surface area contributed by atoms with E-state index in [-0.39, 0.29) is 29.1 Å². The molecule has 1 amide bonds. The van der Waals surface area contributed by atoms with Crippen LogP contribution >= 0.6 is 11.8 Å². The van der Waals surface area contributed by atoms with Gasteiger partial charge >= 0.3 is 5.97 Å². The smallest absolute Gasteiger partial charge is 0.335 e. The summed E-state index contributed by atoms with van der Waals surface area (Å²) in [6.45, 7) is 4.09. The Morgan fingerprint density at radius 1 is 1.03 bits per heavy atom. The van der Waals surface area contributed by atoms with Crippen molar-refractivity contribution in [3.63, 3.8) is 0 Å². The van der Waals surface area contributed by atoms with E-state index in [0.29, 0.717) is 16.2 Å². The van der Waals surface area contributed by atoms with Gasteiger partial charge in [-0.25, -0.2) is 9.78 Å². The minimum absolute atomic E-state index is 0.0440. The molecule has 0 aliphatic rings. The Morgan fingerprint density at radius 2 is 1.74 bits per heavy atom. The second-order valence-corrected chi connectivity index (χ2v) is 9.42. The molecule has 0 fully saturated rings. The average molecular weight is 488 g/mol. The third-order valence-corrected chi connectivity index (χ3v) is 6.72. The number of aromatic carboxylic acids is 1. The quantitative estimate of drug-likeness (QED) is 0.273. The molecule has 8 heteroatoms. The number of carbonyl (C=O) groups is 2. The highest BCUT2D eigenvalue weighted by molar-refractivity contribution is 8.00. The molecule has 0 bridgehead atoms. The van der Waals surface area contributed by atoms with Crippen molar-refractivity contribution < 1.29 is 14.7 Å². The van der Waals surface area contributed by atoms with Crippen LogP contribution in [0.2, 0.25) is 0 Å². The van der Waals surface area contributed by atoms with Crippen LogP contribution in [0.4, 0.5) is 5.69 Å². The number of benzene rings is 3. The third kappa shape index (κ3) is 5.60. The molecule has 1 atom stereocenters. The van der Waals surface area contributed by atoms with Crippen molar-refractivity contribution in [2.75, 3.05) is 5.32 Å². The Kier molecular flexibility index (Phi) is 7.31. The Hall–Kier alpha value is -3.91. The predicted molar refractivity (Wildman–Crippen MR) is 138 cm³/mol. The maximum absolute atomic E-state index is 13.4. The minimum atomic E-state index is -1.10. The lowest BCUT2D eigenvalue weighted by atomic mass is 10.1. The number of nitrogens with one attached hydrogen (secondary N) is 1. The Labute approximate surface area is 206 Å². The summed E-state index contributed by atoms with van der Waals surface area (Å²) in [5.41, 5.74) is 2.82. The van der Waals surface area contributed by atoms with Crippen molar-refractivity contribution in [3.05, 3.63) is 99.8 Å². The molecular formula is C27H25N3O4S. The third-order valence-electron chi connectivity index (χ3n) is 5.63. The van der Waals surface area contributed by atoms with Crippen LogP contribution in [0.15, 0.2) is 82.7 Å². The van der Waals surface area contributed by atoms with E-state index >= 15 is 0 Å². The van der Waals surface area contributed by atoms with Crippen molar-refractivity contribution in [3.8, 4) is 0 Å². The second-order valence-electron chi connectivity index (χ2n) is 8.11. The molecule has 0 unspecified atom stereocenters. The Morgan fingerprint density at radius 3 is 2.40 bits per heavy atom. The highest BCUT2D eigenvalue weighted by atomic mass is 32.2. The summed E-state index contributed by atoms with van der Waals surface area (Å²) in [5.74, 6) is -1.32. The van der Waals surface area contributed by atoms with Gasteiger partial charge in [-0.3, -0.25) is 14.2 Å². The van der Waals surface area contributed by atoms with E-state index < -0.39 is 11.2 Å². The number of carbonyl (C=O) groups excluding carboxylic acids is 1. The first-order valence-electron chi connectivity index (χ1n) is 11.2. The van der Waals surface area contributed by atoms with Gasteiger partial charge in [0.15, 0.2) is 5.16 Å². The Bertz CT molecular complexity index is 1430. The van der Waals surface area contributed by atoms with E-state index in [1.807, 2.05) is 54.6 Å². The SMILES string of the molecule is CCc1ccc(NC(=O)[C@H](C)Sc2nc3cc(C(=O)O)ccc3c(=O)n2Cc2ccccc2)cc1. The first-order chi connectivity index (χ1) is 16.9. The highest BCUT2D eigenvalue weighted by Gasteiger charge is 2.20. The number of aryl methyl sites for hydroxylation is 1. The fraction of sp³-hybridized carbons (Fsp3) is 0.185. The van der Waals surface area contributed by atoms with Gasteiger partial charge in [-0.15, -0.1) is 0 Å². The molecule has 0 saturated carbocycles. The monoisotopic (exact) mass is 487 g/mol. The number of aromatic nitrogens is 2. The van der Waals surface area contributed by atoms with Crippen LogP contribution in [0.3, 0.4) is 0 Å². The summed E-state index contributed by atoms with van der Waals surface area (Å²) < 4.78 is 1.53. The van der Waals surface area contributed by atoms with Crippen LogP contribution in [-0.4, -0.2) is 31.8 Å². The lowest BCUT2D eigenvalue weighted by molar-refractivity contribution is -0.115. The predicted octanol–water partition coefficient (Wildman–Crippen LogP) is 4.82. The summed E-state index contributed by atoms with van der Waals surface area (Å²) in [5, 5.41) is 12.4. The normalized spacial score (nSPS) is 11.8. The molecule has 0 radical (unpaired) electrons. The molecular weight excluding hydrogens is 462 g/mol. The first-order valence-corrected chi connectivity index (χ1v) is 12.1. The number of hydrogen-bond acceptors (Lipinski definition) is 5. The molecule has 7 nitrogen and oxygen atoms in total. The van der Waals surface area contributed by atoms with Crippen molar-refractivity contribution in [1.29, 1.82) is 0 Å². The van der Waals surface area contributed by atoms with Crippen LogP contribution < -0.4 is 10.9 Å². The topological polar surface area (TPSA) is 101 Å². The molecule has 0 saturated heterocycles. The first kappa shape index (κ1) is 24.2. The van der Waals surface area contributed by atoms with Gasteiger partial charge in [0.2, 0.25) is 5.91 Å². The van der Waals surface area contributed by atoms with E-state index in [2.05, 4.69) is 17.2 Å². The van der Waals surface area contributed by atoms with Gasteiger partial charge in [-0.1, -0.05) is 61.2 Å². The maximum atomic E-state index is 13.4. The largest absolute Gasteiger partial charge is 0.478 e. The number of amides is 1. The molecule has 35 heavy (non-hydrogen) atoms. The van der Waals surface area contributed by atoms with Gasteiger partial charge < -0.3 is 10.4 Å². The van der Waals surface area contributed by atoms with Gasteiger partial charge in [0, 0.05) is 5.69 Å². The molecule has 3 aromatic carbocycles. The van der Waals surface area contributed by atoms with Crippen LogP contribution in [0, 0.1) is 0 Å². The van der Waals surface area contributed by atoms with Gasteiger partial charge in [0.05, 0.1) is 28.3 Å². The van der Waals surface area contributed by atoms with Crippen molar-refractivity contribution in [2.24, 2.45) is 0 Å². The lowest BCUT2D eigenvalue weighted by Gasteiger charge is -2.17. The number of carboxylic acid groups (broad SMARTS) is 1. The van der Waals surface area contributed by atoms with E-state index in [9.17, 15) is 19.5 Å². The summed E-state index contributed by atoms with van der Waals surface area (Å²) in [6, 6.07) is 21.4. The lowest BCUT2D eigenvalue weighted by Crippen LogP contribution is -2.27. The molecule has 4 aromatic rings. The molecule has 0 aliphatic carbocycles. The zero-order valence-corrected chi connectivity index (χ0v) is 20.2. The van der Waals surface area contributed by atoms with Gasteiger partial charge in [0.25, 0.3) is 5.56 Å². The average Bonchev–Trinajstić information content (AvgIpc) is 2.87. The van der Waals surface area contributed by atoms with E-state index in [1.54, 1.807) is 6.92 Å². The number of anilines is 1. The van der Waals surface area contributed by atoms with Crippen LogP contribution in [-0.2, 0) is 17.8 Å². The minimum Gasteiger partial charge on any atom is -0.478 e. The van der Waals surface area contributed by atoms with Crippen LogP contribution in [0.25, 0.3) is 10.9 Å². The van der Waals surface area contributed by atoms with Crippen molar-refractivity contribution >= 4 is 40.2 Å². The summed E-state index contributed by atoms with van der Waals surface area (Å²) in [7, 11) is 0. The fourth-order valence-corrected chi connectivity index (χ4v) is 4.52. The molecule has 2 N–H and O–H groups in total. The summed E-state index contributed by atoms with van der Waals surface area (Å²) >= 11 is 1.16. The molecule has 1 heterocycles. The zero-order valence-electron chi connectivity index (χ0n) is 19.4. The number of carboxylic acids is 1. The maximum Gasteiger partial charge on any atom is 0.335 e. The van der Waals surface area contributed by atoms with Crippen molar-refractivity contribution in [1.82, 2.24) is 9.55 Å². The Balaban J connectivity index is 1.68. The van der Waals surface area contributed by atoms with Crippen LogP contribution in [0.1, 0.15) is 35.3 Å². The number of nitrogens with zero attached hydrogens (tertiary/aromatic N) is 2.